The maximum absolute atomic E-state index is 11.5. The van der Waals surface area contributed by atoms with Crippen molar-refractivity contribution in [3.63, 3.8) is 0 Å². The van der Waals surface area contributed by atoms with E-state index in [1.165, 1.54) is 0 Å². The molecule has 1 amide bonds. The Labute approximate surface area is 83.8 Å². The molecule has 1 saturated heterocycles. The standard InChI is InChI=1S/C9H18N2O3/c1-14-7-5-8(11-6-7)9(13)10-3-2-4-12/h7-8,11-12H,2-6H2,1H3,(H,10,13). The van der Waals surface area contributed by atoms with Gasteiger partial charge in [0.1, 0.15) is 0 Å². The summed E-state index contributed by atoms with van der Waals surface area (Å²) >= 11 is 0. The predicted octanol–water partition coefficient (Wildman–Crippen LogP) is -1.14. The molecular weight excluding hydrogens is 184 g/mol. The van der Waals surface area contributed by atoms with Gasteiger partial charge in [0.2, 0.25) is 5.91 Å². The Balaban J connectivity index is 2.18. The van der Waals surface area contributed by atoms with Gasteiger partial charge in [0.15, 0.2) is 0 Å². The third-order valence-corrected chi connectivity index (χ3v) is 2.37. The van der Waals surface area contributed by atoms with Crippen molar-refractivity contribution in [3.8, 4) is 0 Å². The molecule has 0 aromatic heterocycles. The first-order valence-corrected chi connectivity index (χ1v) is 4.92. The fourth-order valence-corrected chi connectivity index (χ4v) is 1.50. The van der Waals surface area contributed by atoms with Crippen LogP contribution in [0.2, 0.25) is 0 Å². The lowest BCUT2D eigenvalue weighted by molar-refractivity contribution is -0.122. The topological polar surface area (TPSA) is 70.6 Å². The van der Waals surface area contributed by atoms with E-state index < -0.39 is 0 Å². The van der Waals surface area contributed by atoms with Crippen LogP contribution in [0.1, 0.15) is 12.8 Å². The van der Waals surface area contributed by atoms with Crippen LogP contribution >= 0.6 is 0 Å². The monoisotopic (exact) mass is 202 g/mol. The van der Waals surface area contributed by atoms with Crippen LogP contribution in [0, 0.1) is 0 Å². The van der Waals surface area contributed by atoms with Gasteiger partial charge in [-0.1, -0.05) is 0 Å². The van der Waals surface area contributed by atoms with Gasteiger partial charge in [-0.15, -0.1) is 0 Å². The molecule has 82 valence electrons. The van der Waals surface area contributed by atoms with Crippen LogP contribution in [0.5, 0.6) is 0 Å². The van der Waals surface area contributed by atoms with Gasteiger partial charge < -0.3 is 20.5 Å². The summed E-state index contributed by atoms with van der Waals surface area (Å²) in [5.41, 5.74) is 0. The van der Waals surface area contributed by atoms with E-state index in [9.17, 15) is 4.79 Å². The lowest BCUT2D eigenvalue weighted by Gasteiger charge is -2.10. The van der Waals surface area contributed by atoms with Crippen molar-refractivity contribution in [2.24, 2.45) is 0 Å². The van der Waals surface area contributed by atoms with E-state index in [0.717, 1.165) is 13.0 Å². The average molecular weight is 202 g/mol. The molecule has 0 saturated carbocycles. The number of methoxy groups -OCH3 is 1. The predicted molar refractivity (Wildman–Crippen MR) is 51.9 cm³/mol. The van der Waals surface area contributed by atoms with Gasteiger partial charge in [0, 0.05) is 26.8 Å². The maximum atomic E-state index is 11.5. The van der Waals surface area contributed by atoms with E-state index in [-0.39, 0.29) is 24.7 Å². The second-order valence-corrected chi connectivity index (χ2v) is 3.42. The van der Waals surface area contributed by atoms with E-state index in [1.807, 2.05) is 0 Å². The third-order valence-electron chi connectivity index (χ3n) is 2.37. The van der Waals surface area contributed by atoms with Gasteiger partial charge in [0.25, 0.3) is 0 Å². The van der Waals surface area contributed by atoms with Crippen molar-refractivity contribution in [3.05, 3.63) is 0 Å². The van der Waals surface area contributed by atoms with Crippen molar-refractivity contribution in [2.75, 3.05) is 26.8 Å². The minimum absolute atomic E-state index is 0.00185. The van der Waals surface area contributed by atoms with Crippen molar-refractivity contribution in [1.82, 2.24) is 10.6 Å². The smallest absolute Gasteiger partial charge is 0.237 e. The largest absolute Gasteiger partial charge is 0.396 e. The minimum atomic E-state index is -0.140. The van der Waals surface area contributed by atoms with E-state index in [4.69, 9.17) is 9.84 Å². The molecule has 0 spiro atoms. The number of hydrogen-bond donors (Lipinski definition) is 3. The molecule has 0 aromatic rings. The Morgan fingerprint density at radius 1 is 1.71 bits per heavy atom. The second kappa shape index (κ2) is 5.95. The number of carbonyl (C=O) groups excluding carboxylic acids is 1. The lowest BCUT2D eigenvalue weighted by atomic mass is 10.2. The van der Waals surface area contributed by atoms with E-state index >= 15 is 0 Å². The van der Waals surface area contributed by atoms with Crippen LogP contribution in [-0.4, -0.2) is 50.0 Å². The van der Waals surface area contributed by atoms with E-state index in [0.29, 0.717) is 13.0 Å². The second-order valence-electron chi connectivity index (χ2n) is 3.42. The summed E-state index contributed by atoms with van der Waals surface area (Å²) in [5.74, 6) is -0.00185. The highest BCUT2D eigenvalue weighted by Crippen LogP contribution is 2.09. The number of nitrogens with one attached hydrogen (secondary N) is 2. The van der Waals surface area contributed by atoms with Gasteiger partial charge in [-0.05, 0) is 12.8 Å². The highest BCUT2D eigenvalue weighted by atomic mass is 16.5. The van der Waals surface area contributed by atoms with Crippen LogP contribution < -0.4 is 10.6 Å². The summed E-state index contributed by atoms with van der Waals surface area (Å²) in [4.78, 5) is 11.5. The number of aliphatic hydroxyl groups is 1. The summed E-state index contributed by atoms with van der Waals surface area (Å²) in [6, 6.07) is -0.140. The molecule has 0 bridgehead atoms. The van der Waals surface area contributed by atoms with Gasteiger partial charge in [-0.3, -0.25) is 4.79 Å². The molecule has 5 nitrogen and oxygen atoms in total. The van der Waals surface area contributed by atoms with Gasteiger partial charge in [-0.2, -0.15) is 0 Å². The maximum Gasteiger partial charge on any atom is 0.237 e. The zero-order valence-corrected chi connectivity index (χ0v) is 8.45. The highest BCUT2D eigenvalue weighted by Gasteiger charge is 2.28. The Bertz CT molecular complexity index is 187. The molecular formula is C9H18N2O3. The first-order valence-electron chi connectivity index (χ1n) is 4.92. The van der Waals surface area contributed by atoms with Crippen LogP contribution in [0.25, 0.3) is 0 Å². The fourth-order valence-electron chi connectivity index (χ4n) is 1.50. The van der Waals surface area contributed by atoms with E-state index in [1.54, 1.807) is 7.11 Å². The molecule has 5 heteroatoms. The van der Waals surface area contributed by atoms with Crippen LogP contribution in [0.3, 0.4) is 0 Å². The van der Waals surface area contributed by atoms with Crippen LogP contribution in [0.15, 0.2) is 0 Å². The Kier molecular flexibility index (Phi) is 4.86. The minimum Gasteiger partial charge on any atom is -0.396 e. The summed E-state index contributed by atoms with van der Waals surface area (Å²) in [6.45, 7) is 1.37. The highest BCUT2D eigenvalue weighted by molar-refractivity contribution is 5.82. The molecule has 1 aliphatic rings. The number of hydrogen-bond acceptors (Lipinski definition) is 4. The van der Waals surface area contributed by atoms with Gasteiger partial charge >= 0.3 is 0 Å². The zero-order chi connectivity index (χ0) is 10.4. The molecule has 0 aromatic carbocycles. The van der Waals surface area contributed by atoms with Crippen LogP contribution in [0.4, 0.5) is 0 Å². The van der Waals surface area contributed by atoms with Gasteiger partial charge in [0.05, 0.1) is 12.1 Å². The van der Waals surface area contributed by atoms with E-state index in [2.05, 4.69) is 10.6 Å². The first-order chi connectivity index (χ1) is 6.77. The molecule has 1 rings (SSSR count). The zero-order valence-electron chi connectivity index (χ0n) is 8.45. The molecule has 2 unspecified atom stereocenters. The third kappa shape index (κ3) is 3.25. The fraction of sp³-hybridized carbons (Fsp3) is 0.889. The molecule has 0 aliphatic carbocycles. The summed E-state index contributed by atoms with van der Waals surface area (Å²) in [7, 11) is 1.65. The summed E-state index contributed by atoms with van der Waals surface area (Å²) in [5, 5.41) is 14.4. The van der Waals surface area contributed by atoms with Gasteiger partial charge in [-0.25, -0.2) is 0 Å². The number of carbonyl (C=O) groups is 1. The molecule has 3 N–H and O–H groups in total. The number of rotatable bonds is 5. The van der Waals surface area contributed by atoms with Crippen molar-refractivity contribution >= 4 is 5.91 Å². The van der Waals surface area contributed by atoms with Crippen molar-refractivity contribution in [2.45, 2.75) is 25.0 Å². The number of aliphatic hydroxyl groups excluding tert-OH is 1. The molecule has 2 atom stereocenters. The Morgan fingerprint density at radius 3 is 3.07 bits per heavy atom. The summed E-state index contributed by atoms with van der Waals surface area (Å²) in [6.07, 6.45) is 1.47. The normalized spacial score (nSPS) is 26.4. The molecule has 1 heterocycles. The quantitative estimate of drug-likeness (QED) is 0.493. The average Bonchev–Trinajstić information content (AvgIpc) is 2.66. The lowest BCUT2D eigenvalue weighted by Crippen LogP contribution is -2.40. The van der Waals surface area contributed by atoms with Crippen LogP contribution in [-0.2, 0) is 9.53 Å². The Morgan fingerprint density at radius 2 is 2.50 bits per heavy atom. The molecule has 1 aliphatic heterocycles. The SMILES string of the molecule is COC1CNC(C(=O)NCCCO)C1. The molecule has 14 heavy (non-hydrogen) atoms. The number of amides is 1. The van der Waals surface area contributed by atoms with Crippen molar-refractivity contribution < 1.29 is 14.6 Å². The summed E-state index contributed by atoms with van der Waals surface area (Å²) < 4.78 is 5.13. The first kappa shape index (κ1) is 11.4. The molecule has 0 radical (unpaired) electrons. The van der Waals surface area contributed by atoms with Crippen molar-refractivity contribution in [1.29, 1.82) is 0 Å². The molecule has 1 fully saturated rings. The number of ether oxygens (including phenoxy) is 1. The Hall–Kier alpha value is -0.650.